The molecule has 30 heavy (non-hydrogen) atoms. The van der Waals surface area contributed by atoms with Gasteiger partial charge < -0.3 is 10.1 Å². The fourth-order valence-corrected chi connectivity index (χ4v) is 3.97. The molecule has 2 aromatic carbocycles. The number of allylic oxidation sites excluding steroid dienone is 4. The summed E-state index contributed by atoms with van der Waals surface area (Å²) in [6.07, 6.45) is 15.2. The van der Waals surface area contributed by atoms with E-state index in [0.29, 0.717) is 0 Å². The number of benzene rings is 2. The van der Waals surface area contributed by atoms with Gasteiger partial charge in [-0.2, -0.15) is 4.57 Å². The molecule has 1 aromatic heterocycles. The molecule has 0 aliphatic heterocycles. The number of nitrogens with zero attached hydrogens (tertiary/aromatic N) is 2. The molecule has 0 unspecified atom stereocenters. The lowest BCUT2D eigenvalue weighted by molar-refractivity contribution is -0.382. The molecule has 0 aliphatic rings. The van der Waals surface area contributed by atoms with Crippen molar-refractivity contribution in [3.63, 3.8) is 0 Å². The third-order valence-electron chi connectivity index (χ3n) is 5.46. The van der Waals surface area contributed by atoms with E-state index >= 15 is 0 Å². The van der Waals surface area contributed by atoms with Gasteiger partial charge >= 0.3 is 5.82 Å². The van der Waals surface area contributed by atoms with Crippen molar-refractivity contribution in [2.75, 3.05) is 0 Å². The summed E-state index contributed by atoms with van der Waals surface area (Å²) in [5, 5.41) is 14.0. The number of rotatable bonds is 11. The van der Waals surface area contributed by atoms with E-state index in [-0.39, 0.29) is 10.7 Å². The van der Waals surface area contributed by atoms with Crippen LogP contribution in [0.1, 0.15) is 51.0 Å². The fraction of sp³-hybridized carbons (Fsp3) is 0.308. The number of hydrogen-bond acceptors (Lipinski definition) is 2. The standard InChI is InChI=1S/C26H30N2O2/c1-3-5-7-8-9-11-14-21-18-19-25-23(20-21)22-15-12-13-16-24(22)27(25)26(28(29)30)17-10-6-4-2/h4,6,10,12-13,15-20H,2-3,5,7-9,11,14H2,1H3/b10-6-,26-17+. The van der Waals surface area contributed by atoms with Crippen molar-refractivity contribution in [3.8, 4) is 0 Å². The highest BCUT2D eigenvalue weighted by molar-refractivity contribution is 6.09. The number of hydrogen-bond donors (Lipinski definition) is 0. The molecule has 156 valence electrons. The normalized spacial score (nSPS) is 12.2. The molecule has 1 heterocycles. The van der Waals surface area contributed by atoms with Crippen LogP contribution in [0.3, 0.4) is 0 Å². The summed E-state index contributed by atoms with van der Waals surface area (Å²) < 4.78 is 1.74. The third-order valence-corrected chi connectivity index (χ3v) is 5.46. The van der Waals surface area contributed by atoms with Crippen LogP contribution in [0, 0.1) is 10.1 Å². The van der Waals surface area contributed by atoms with E-state index < -0.39 is 0 Å². The predicted octanol–water partition coefficient (Wildman–Crippen LogP) is 7.51. The molecule has 0 saturated heterocycles. The maximum atomic E-state index is 11.9. The van der Waals surface area contributed by atoms with Gasteiger partial charge in [-0.05, 0) is 47.6 Å². The summed E-state index contributed by atoms with van der Waals surface area (Å²) in [7, 11) is 0. The van der Waals surface area contributed by atoms with E-state index in [1.165, 1.54) is 50.2 Å². The molecule has 0 aliphatic carbocycles. The molecule has 0 amide bonds. The zero-order valence-electron chi connectivity index (χ0n) is 17.7. The van der Waals surface area contributed by atoms with Gasteiger partial charge in [0.05, 0.1) is 0 Å². The first-order valence-corrected chi connectivity index (χ1v) is 10.8. The zero-order chi connectivity index (χ0) is 21.3. The molecule has 0 N–H and O–H groups in total. The molecular weight excluding hydrogens is 372 g/mol. The Labute approximate surface area is 178 Å². The maximum Gasteiger partial charge on any atom is 0.328 e. The number of aromatic nitrogens is 1. The third kappa shape index (κ3) is 4.88. The van der Waals surface area contributed by atoms with Crippen LogP contribution in [-0.2, 0) is 6.42 Å². The summed E-state index contributed by atoms with van der Waals surface area (Å²) in [5.41, 5.74) is 3.00. The molecule has 0 radical (unpaired) electrons. The number of unbranched alkanes of at least 4 members (excludes halogenated alkanes) is 5. The van der Waals surface area contributed by atoms with Crippen molar-refractivity contribution in [3.05, 3.63) is 89.0 Å². The van der Waals surface area contributed by atoms with Crippen LogP contribution in [0.25, 0.3) is 27.6 Å². The van der Waals surface area contributed by atoms with Crippen LogP contribution >= 0.6 is 0 Å². The molecule has 3 aromatic rings. The van der Waals surface area contributed by atoms with E-state index in [1.54, 1.807) is 22.8 Å². The summed E-state index contributed by atoms with van der Waals surface area (Å²) in [6.45, 7) is 5.86. The first kappa shape index (κ1) is 21.6. The van der Waals surface area contributed by atoms with E-state index in [9.17, 15) is 10.1 Å². The second-order valence-corrected chi connectivity index (χ2v) is 7.62. The topological polar surface area (TPSA) is 48.1 Å². The van der Waals surface area contributed by atoms with Crippen LogP contribution in [0.4, 0.5) is 0 Å². The van der Waals surface area contributed by atoms with Gasteiger partial charge in [-0.25, -0.2) is 0 Å². The first-order chi connectivity index (χ1) is 14.7. The van der Waals surface area contributed by atoms with E-state index in [2.05, 4.69) is 25.6 Å². The molecular formula is C26H30N2O2. The quantitative estimate of drug-likeness (QED) is 0.144. The Morgan fingerprint density at radius 2 is 1.73 bits per heavy atom. The van der Waals surface area contributed by atoms with Crippen molar-refractivity contribution < 1.29 is 4.92 Å². The summed E-state index contributed by atoms with van der Waals surface area (Å²) in [4.78, 5) is 11.5. The van der Waals surface area contributed by atoms with Crippen LogP contribution in [0.5, 0.6) is 0 Å². The number of nitro groups is 1. The molecule has 3 rings (SSSR count). The van der Waals surface area contributed by atoms with Gasteiger partial charge in [-0.1, -0.05) is 82.0 Å². The van der Waals surface area contributed by atoms with Crippen molar-refractivity contribution in [1.29, 1.82) is 0 Å². The summed E-state index contributed by atoms with van der Waals surface area (Å²) >= 11 is 0. The Balaban J connectivity index is 1.98. The van der Waals surface area contributed by atoms with Gasteiger partial charge in [0.25, 0.3) is 0 Å². The largest absolute Gasteiger partial charge is 0.358 e. The van der Waals surface area contributed by atoms with E-state index in [1.807, 2.05) is 30.3 Å². The van der Waals surface area contributed by atoms with Gasteiger partial charge in [0.15, 0.2) is 0 Å². The number of aryl methyl sites for hydroxylation is 1. The van der Waals surface area contributed by atoms with Gasteiger partial charge in [-0.15, -0.1) is 0 Å². The zero-order valence-corrected chi connectivity index (χ0v) is 17.7. The lowest BCUT2D eigenvalue weighted by Crippen LogP contribution is -2.06. The van der Waals surface area contributed by atoms with Gasteiger partial charge in [0.2, 0.25) is 0 Å². The lowest BCUT2D eigenvalue weighted by atomic mass is 10.0. The Morgan fingerprint density at radius 3 is 2.50 bits per heavy atom. The minimum Gasteiger partial charge on any atom is -0.358 e. The second kappa shape index (κ2) is 10.6. The monoisotopic (exact) mass is 402 g/mol. The Hall–Kier alpha value is -3.14. The average Bonchev–Trinajstić information content (AvgIpc) is 3.07. The molecule has 0 spiro atoms. The number of para-hydroxylation sites is 1. The highest BCUT2D eigenvalue weighted by atomic mass is 16.6. The Kier molecular flexibility index (Phi) is 7.61. The first-order valence-electron chi connectivity index (χ1n) is 10.8. The van der Waals surface area contributed by atoms with Crippen molar-refractivity contribution in [2.45, 2.75) is 51.9 Å². The molecule has 0 saturated carbocycles. The Morgan fingerprint density at radius 1 is 1.00 bits per heavy atom. The van der Waals surface area contributed by atoms with Crippen molar-refractivity contribution >= 4 is 27.6 Å². The van der Waals surface area contributed by atoms with Crippen LogP contribution in [-0.4, -0.2) is 9.49 Å². The highest BCUT2D eigenvalue weighted by Crippen LogP contribution is 2.33. The van der Waals surface area contributed by atoms with Gasteiger partial charge in [-0.3, -0.25) is 0 Å². The smallest absolute Gasteiger partial charge is 0.328 e. The fourth-order valence-electron chi connectivity index (χ4n) is 3.97. The van der Waals surface area contributed by atoms with Gasteiger partial charge in [0, 0.05) is 16.8 Å². The van der Waals surface area contributed by atoms with Gasteiger partial charge in [0.1, 0.15) is 11.0 Å². The molecule has 0 bridgehead atoms. The predicted molar refractivity (Wildman–Crippen MR) is 127 cm³/mol. The molecule has 0 atom stereocenters. The molecule has 0 fully saturated rings. The SMILES string of the molecule is C=C/C=C\C=C(/n1c2ccccc2c2cc(CCCCCCCC)ccc21)[N+](=O)[O-]. The minimum atomic E-state index is -0.330. The van der Waals surface area contributed by atoms with Crippen LogP contribution < -0.4 is 0 Å². The average molecular weight is 403 g/mol. The minimum absolute atomic E-state index is 0.0305. The summed E-state index contributed by atoms with van der Waals surface area (Å²) in [5.74, 6) is 0.0305. The van der Waals surface area contributed by atoms with Crippen LogP contribution in [0.2, 0.25) is 0 Å². The molecule has 4 nitrogen and oxygen atoms in total. The highest BCUT2D eigenvalue weighted by Gasteiger charge is 2.22. The summed E-state index contributed by atoms with van der Waals surface area (Å²) in [6, 6.07) is 14.2. The second-order valence-electron chi connectivity index (χ2n) is 7.62. The number of fused-ring (bicyclic) bond motifs is 3. The van der Waals surface area contributed by atoms with E-state index in [4.69, 9.17) is 0 Å². The molecule has 4 heteroatoms. The van der Waals surface area contributed by atoms with Crippen LogP contribution in [0.15, 0.2) is 73.3 Å². The van der Waals surface area contributed by atoms with E-state index in [0.717, 1.165) is 28.2 Å². The maximum absolute atomic E-state index is 11.9. The van der Waals surface area contributed by atoms with Crippen molar-refractivity contribution in [2.24, 2.45) is 0 Å². The lowest BCUT2D eigenvalue weighted by Gasteiger charge is -2.04. The van der Waals surface area contributed by atoms with Crippen molar-refractivity contribution in [1.82, 2.24) is 4.57 Å². The Bertz CT molecular complexity index is 1090.